The van der Waals surface area contributed by atoms with Crippen LogP contribution in [0.1, 0.15) is 10.6 Å². The molecule has 0 spiro atoms. The maximum Gasteiger partial charge on any atom is 0.329 e. The Kier molecular flexibility index (Phi) is 2.76. The predicted molar refractivity (Wildman–Crippen MR) is 63.4 cm³/mol. The van der Waals surface area contributed by atoms with Crippen LogP contribution in [0.5, 0.6) is 0 Å². The minimum Gasteiger partial charge on any atom is -0.459 e. The number of hydrogen-bond donors (Lipinski definition) is 3. The number of anilines is 2. The SMILES string of the molecule is Cn1c(N)c(NC(=O)c2ccco2)c(=O)[nH]c1=O. The predicted octanol–water partition coefficient (Wildman–Crippen LogP) is -0.499. The summed E-state index contributed by atoms with van der Waals surface area (Å²) in [5, 5.41) is 2.29. The zero-order chi connectivity index (χ0) is 13.3. The van der Waals surface area contributed by atoms with E-state index in [0.29, 0.717) is 0 Å². The molecule has 0 atom stereocenters. The molecule has 0 aliphatic heterocycles. The molecular weight excluding hydrogens is 240 g/mol. The molecule has 8 nitrogen and oxygen atoms in total. The van der Waals surface area contributed by atoms with E-state index in [2.05, 4.69) is 5.32 Å². The van der Waals surface area contributed by atoms with Gasteiger partial charge in [-0.3, -0.25) is 19.1 Å². The quantitative estimate of drug-likeness (QED) is 0.663. The largest absolute Gasteiger partial charge is 0.459 e. The molecular formula is C10H10N4O4. The van der Waals surface area contributed by atoms with E-state index < -0.39 is 17.2 Å². The van der Waals surface area contributed by atoms with Crippen LogP contribution in [0.3, 0.4) is 0 Å². The lowest BCUT2D eigenvalue weighted by molar-refractivity contribution is 0.0996. The van der Waals surface area contributed by atoms with Gasteiger partial charge in [-0.05, 0) is 12.1 Å². The molecule has 0 bridgehead atoms. The number of nitrogens with two attached hydrogens (primary N) is 1. The van der Waals surface area contributed by atoms with Gasteiger partial charge < -0.3 is 15.5 Å². The summed E-state index contributed by atoms with van der Waals surface area (Å²) in [6.07, 6.45) is 1.32. The number of nitrogen functional groups attached to an aromatic ring is 1. The first-order valence-corrected chi connectivity index (χ1v) is 4.94. The normalized spacial score (nSPS) is 10.3. The van der Waals surface area contributed by atoms with E-state index in [1.54, 1.807) is 0 Å². The second kappa shape index (κ2) is 4.24. The van der Waals surface area contributed by atoms with Crippen LogP contribution in [0.25, 0.3) is 0 Å². The number of furan rings is 1. The highest BCUT2D eigenvalue weighted by Crippen LogP contribution is 2.10. The minimum absolute atomic E-state index is 0.0302. The molecule has 8 heteroatoms. The molecule has 94 valence electrons. The monoisotopic (exact) mass is 250 g/mol. The van der Waals surface area contributed by atoms with Gasteiger partial charge in [0.15, 0.2) is 5.76 Å². The van der Waals surface area contributed by atoms with Crippen LogP contribution in [0.15, 0.2) is 32.4 Å². The van der Waals surface area contributed by atoms with Crippen molar-refractivity contribution in [1.29, 1.82) is 0 Å². The highest BCUT2D eigenvalue weighted by atomic mass is 16.3. The van der Waals surface area contributed by atoms with E-state index in [0.717, 1.165) is 4.57 Å². The molecule has 0 radical (unpaired) electrons. The first kappa shape index (κ1) is 11.7. The summed E-state index contributed by atoms with van der Waals surface area (Å²) in [6.45, 7) is 0. The molecule has 0 unspecified atom stereocenters. The molecule has 4 N–H and O–H groups in total. The van der Waals surface area contributed by atoms with Crippen molar-refractivity contribution in [1.82, 2.24) is 9.55 Å². The second-order valence-corrected chi connectivity index (χ2v) is 3.51. The van der Waals surface area contributed by atoms with Crippen molar-refractivity contribution >= 4 is 17.4 Å². The van der Waals surface area contributed by atoms with Crippen molar-refractivity contribution in [3.05, 3.63) is 45.0 Å². The number of rotatable bonds is 2. The zero-order valence-electron chi connectivity index (χ0n) is 9.39. The van der Waals surface area contributed by atoms with Gasteiger partial charge in [0.05, 0.1) is 6.26 Å². The van der Waals surface area contributed by atoms with Crippen molar-refractivity contribution in [3.8, 4) is 0 Å². The summed E-state index contributed by atoms with van der Waals surface area (Å²) in [4.78, 5) is 36.4. The van der Waals surface area contributed by atoms with Gasteiger partial charge in [-0.15, -0.1) is 0 Å². The Morgan fingerprint density at radius 2 is 2.22 bits per heavy atom. The summed E-state index contributed by atoms with van der Waals surface area (Å²) < 4.78 is 5.88. The standard InChI is InChI=1S/C10H10N4O4/c1-14-7(11)6(9(16)13-10(14)17)12-8(15)5-3-2-4-18-5/h2-4H,11H2,1H3,(H,12,15)(H,13,16,17). The molecule has 2 rings (SSSR count). The second-order valence-electron chi connectivity index (χ2n) is 3.51. The average Bonchev–Trinajstić information content (AvgIpc) is 2.85. The third-order valence-corrected chi connectivity index (χ3v) is 2.35. The summed E-state index contributed by atoms with van der Waals surface area (Å²) in [7, 11) is 1.37. The molecule has 1 amide bonds. The van der Waals surface area contributed by atoms with Crippen molar-refractivity contribution in [3.63, 3.8) is 0 Å². The van der Waals surface area contributed by atoms with Crippen LogP contribution in [0, 0.1) is 0 Å². The number of hydrogen-bond acceptors (Lipinski definition) is 5. The van der Waals surface area contributed by atoms with Gasteiger partial charge in [0.25, 0.3) is 11.5 Å². The van der Waals surface area contributed by atoms with E-state index >= 15 is 0 Å². The zero-order valence-corrected chi connectivity index (χ0v) is 9.39. The Morgan fingerprint density at radius 1 is 1.50 bits per heavy atom. The third-order valence-electron chi connectivity index (χ3n) is 2.35. The van der Waals surface area contributed by atoms with Crippen molar-refractivity contribution in [2.75, 3.05) is 11.1 Å². The van der Waals surface area contributed by atoms with E-state index in [1.165, 1.54) is 25.4 Å². The van der Waals surface area contributed by atoms with E-state index in [-0.39, 0.29) is 17.3 Å². The van der Waals surface area contributed by atoms with Crippen LogP contribution in [0.4, 0.5) is 11.5 Å². The molecule has 0 aliphatic rings. The van der Waals surface area contributed by atoms with Gasteiger partial charge in [-0.1, -0.05) is 0 Å². The maximum absolute atomic E-state index is 11.7. The third kappa shape index (κ3) is 1.90. The van der Waals surface area contributed by atoms with Crippen molar-refractivity contribution < 1.29 is 9.21 Å². The maximum atomic E-state index is 11.7. The van der Waals surface area contributed by atoms with Crippen LogP contribution < -0.4 is 22.3 Å². The van der Waals surface area contributed by atoms with Gasteiger partial charge >= 0.3 is 5.69 Å². The van der Waals surface area contributed by atoms with Crippen molar-refractivity contribution in [2.24, 2.45) is 7.05 Å². The van der Waals surface area contributed by atoms with Gasteiger partial charge in [0.2, 0.25) is 0 Å². The fourth-order valence-corrected chi connectivity index (χ4v) is 1.34. The number of nitrogens with zero attached hydrogens (tertiary/aromatic N) is 1. The lowest BCUT2D eigenvalue weighted by Gasteiger charge is -2.08. The van der Waals surface area contributed by atoms with E-state index in [9.17, 15) is 14.4 Å². The fraction of sp³-hybridized carbons (Fsp3) is 0.100. The lowest BCUT2D eigenvalue weighted by atomic mass is 10.4. The number of amides is 1. The van der Waals surface area contributed by atoms with Crippen LogP contribution >= 0.6 is 0 Å². The number of carbonyl (C=O) groups excluding carboxylic acids is 1. The molecule has 2 aromatic heterocycles. The molecule has 2 aromatic rings. The molecule has 0 aromatic carbocycles. The molecule has 0 aliphatic carbocycles. The van der Waals surface area contributed by atoms with Crippen LogP contribution in [0.2, 0.25) is 0 Å². The fourth-order valence-electron chi connectivity index (χ4n) is 1.34. The van der Waals surface area contributed by atoms with Gasteiger partial charge in [-0.25, -0.2) is 4.79 Å². The summed E-state index contributed by atoms with van der Waals surface area (Å²) in [5.41, 5.74) is 3.96. The van der Waals surface area contributed by atoms with Gasteiger partial charge in [0, 0.05) is 7.05 Å². The smallest absolute Gasteiger partial charge is 0.329 e. The van der Waals surface area contributed by atoms with Crippen LogP contribution in [-0.4, -0.2) is 15.5 Å². The summed E-state index contributed by atoms with van der Waals surface area (Å²) in [5.74, 6) is -0.734. The first-order chi connectivity index (χ1) is 8.50. The highest BCUT2D eigenvalue weighted by molar-refractivity contribution is 6.03. The highest BCUT2D eigenvalue weighted by Gasteiger charge is 2.15. The Labute approximate surface area is 100 Å². The van der Waals surface area contributed by atoms with Gasteiger partial charge in [-0.2, -0.15) is 0 Å². The Morgan fingerprint density at radius 3 is 2.83 bits per heavy atom. The minimum atomic E-state index is -0.768. The molecule has 2 heterocycles. The lowest BCUT2D eigenvalue weighted by Crippen LogP contribution is -2.33. The first-order valence-electron chi connectivity index (χ1n) is 4.94. The summed E-state index contributed by atoms with van der Waals surface area (Å²) in [6, 6.07) is 2.96. The number of H-pyrrole nitrogens is 1. The number of nitrogens with one attached hydrogen (secondary N) is 2. The van der Waals surface area contributed by atoms with E-state index in [1.807, 2.05) is 4.98 Å². The average molecular weight is 250 g/mol. The molecule has 0 saturated heterocycles. The molecule has 18 heavy (non-hydrogen) atoms. The Hall–Kier alpha value is -2.77. The topological polar surface area (TPSA) is 123 Å². The molecule has 0 fully saturated rings. The summed E-state index contributed by atoms with van der Waals surface area (Å²) >= 11 is 0. The number of aromatic amines is 1. The number of carbonyl (C=O) groups is 1. The van der Waals surface area contributed by atoms with Gasteiger partial charge in [0.1, 0.15) is 11.5 Å². The van der Waals surface area contributed by atoms with Crippen molar-refractivity contribution in [2.45, 2.75) is 0 Å². The molecule has 0 saturated carbocycles. The Bertz CT molecular complexity index is 696. The number of aromatic nitrogens is 2. The van der Waals surface area contributed by atoms with Crippen LogP contribution in [-0.2, 0) is 7.05 Å². The van der Waals surface area contributed by atoms with E-state index in [4.69, 9.17) is 10.2 Å². The Balaban J connectivity index is 2.42.